The van der Waals surface area contributed by atoms with Gasteiger partial charge in [-0.3, -0.25) is 4.79 Å². The fourth-order valence-electron chi connectivity index (χ4n) is 2.95. The molecule has 0 aliphatic heterocycles. The molecule has 1 amide bonds. The number of rotatable bonds is 4. The second-order valence-electron chi connectivity index (χ2n) is 5.84. The third-order valence-corrected chi connectivity index (χ3v) is 4.47. The normalized spacial score (nSPS) is 21.2. The van der Waals surface area contributed by atoms with Crippen molar-refractivity contribution < 1.29 is 19.4 Å². The van der Waals surface area contributed by atoms with E-state index in [2.05, 4.69) is 17.0 Å². The average molecular weight is 305 g/mol. The highest BCUT2D eigenvalue weighted by molar-refractivity contribution is 5.97. The molecular formula is C17H23NO4. The number of methoxy groups -OCH3 is 1. The Morgan fingerprint density at radius 1 is 1.27 bits per heavy atom. The minimum Gasteiger partial charge on any atom is -0.506 e. The highest BCUT2D eigenvalue weighted by atomic mass is 16.5. The molecular weight excluding hydrogens is 282 g/mol. The highest BCUT2D eigenvalue weighted by Crippen LogP contribution is 2.32. The van der Waals surface area contributed by atoms with Crippen molar-refractivity contribution in [2.75, 3.05) is 12.4 Å². The van der Waals surface area contributed by atoms with E-state index in [9.17, 15) is 14.7 Å². The first-order chi connectivity index (χ1) is 10.5. The van der Waals surface area contributed by atoms with Gasteiger partial charge in [-0.25, -0.2) is 4.79 Å². The number of hydrogen-bond donors (Lipinski definition) is 2. The van der Waals surface area contributed by atoms with Crippen LogP contribution in [0.3, 0.4) is 0 Å². The summed E-state index contributed by atoms with van der Waals surface area (Å²) in [6.07, 6.45) is 5.06. The van der Waals surface area contributed by atoms with Gasteiger partial charge in [0, 0.05) is 5.92 Å². The van der Waals surface area contributed by atoms with Crippen molar-refractivity contribution in [1.29, 1.82) is 0 Å². The minimum absolute atomic E-state index is 0.0241. The molecule has 0 spiro atoms. The van der Waals surface area contributed by atoms with Crippen LogP contribution < -0.4 is 5.32 Å². The van der Waals surface area contributed by atoms with Gasteiger partial charge < -0.3 is 15.2 Å². The molecule has 0 atom stereocenters. The van der Waals surface area contributed by atoms with Crippen LogP contribution in [0.25, 0.3) is 0 Å². The molecule has 1 saturated carbocycles. The topological polar surface area (TPSA) is 75.6 Å². The second-order valence-corrected chi connectivity index (χ2v) is 5.84. The van der Waals surface area contributed by atoms with Crippen LogP contribution in [0.2, 0.25) is 0 Å². The molecule has 0 bridgehead atoms. The zero-order chi connectivity index (χ0) is 16.1. The molecule has 1 aliphatic carbocycles. The molecule has 2 N–H and O–H groups in total. The van der Waals surface area contributed by atoms with Gasteiger partial charge in [-0.05, 0) is 49.8 Å². The Labute approximate surface area is 130 Å². The molecule has 0 saturated heterocycles. The Hall–Kier alpha value is -2.04. The number of ether oxygens (including phenoxy) is 1. The number of benzene rings is 1. The molecule has 0 heterocycles. The minimum atomic E-state index is -0.501. The lowest BCUT2D eigenvalue weighted by molar-refractivity contribution is -0.121. The van der Waals surface area contributed by atoms with E-state index in [4.69, 9.17) is 0 Å². The van der Waals surface area contributed by atoms with Crippen molar-refractivity contribution in [1.82, 2.24) is 0 Å². The van der Waals surface area contributed by atoms with Gasteiger partial charge in [-0.15, -0.1) is 0 Å². The fraction of sp³-hybridized carbons (Fsp3) is 0.529. The van der Waals surface area contributed by atoms with E-state index >= 15 is 0 Å². The smallest absolute Gasteiger partial charge is 0.337 e. The molecule has 22 heavy (non-hydrogen) atoms. The number of hydrogen-bond acceptors (Lipinski definition) is 4. The highest BCUT2D eigenvalue weighted by Gasteiger charge is 2.26. The van der Waals surface area contributed by atoms with E-state index in [0.29, 0.717) is 5.56 Å². The summed E-state index contributed by atoms with van der Waals surface area (Å²) < 4.78 is 4.64. The molecule has 120 valence electrons. The Bertz CT molecular complexity index is 548. The maximum absolute atomic E-state index is 12.3. The zero-order valence-electron chi connectivity index (χ0n) is 13.1. The van der Waals surface area contributed by atoms with Crippen LogP contribution in [-0.2, 0) is 9.53 Å². The third kappa shape index (κ3) is 3.78. The molecule has 1 aromatic rings. The van der Waals surface area contributed by atoms with Crippen molar-refractivity contribution in [3.8, 4) is 5.75 Å². The predicted molar refractivity (Wildman–Crippen MR) is 83.8 cm³/mol. The molecule has 1 aromatic carbocycles. The van der Waals surface area contributed by atoms with Gasteiger partial charge in [0.25, 0.3) is 0 Å². The van der Waals surface area contributed by atoms with E-state index < -0.39 is 5.97 Å². The first kappa shape index (κ1) is 16.3. The Morgan fingerprint density at radius 2 is 1.95 bits per heavy atom. The predicted octanol–water partition coefficient (Wildman–Crippen LogP) is 3.33. The average Bonchev–Trinajstić information content (AvgIpc) is 2.56. The number of esters is 1. The van der Waals surface area contributed by atoms with Crippen LogP contribution >= 0.6 is 0 Å². The van der Waals surface area contributed by atoms with Crippen LogP contribution in [0.4, 0.5) is 5.69 Å². The van der Waals surface area contributed by atoms with Gasteiger partial charge in [0.1, 0.15) is 5.75 Å². The lowest BCUT2D eigenvalue weighted by Crippen LogP contribution is -2.27. The van der Waals surface area contributed by atoms with Crippen LogP contribution in [-0.4, -0.2) is 24.1 Å². The molecule has 5 heteroatoms. The molecule has 0 unspecified atom stereocenters. The SMILES string of the molecule is CCC1CCC(C(=O)Nc2cc(C(=O)OC)ccc2O)CC1. The second kappa shape index (κ2) is 7.29. The molecule has 2 rings (SSSR count). The van der Waals surface area contributed by atoms with Crippen molar-refractivity contribution in [3.63, 3.8) is 0 Å². The van der Waals surface area contributed by atoms with E-state index in [1.165, 1.54) is 25.3 Å². The third-order valence-electron chi connectivity index (χ3n) is 4.47. The van der Waals surface area contributed by atoms with E-state index in [0.717, 1.165) is 38.0 Å². The van der Waals surface area contributed by atoms with Gasteiger partial charge >= 0.3 is 5.97 Å². The summed E-state index contributed by atoms with van der Waals surface area (Å²) >= 11 is 0. The lowest BCUT2D eigenvalue weighted by atomic mass is 9.80. The summed E-state index contributed by atoms with van der Waals surface area (Å²) in [4.78, 5) is 23.8. The summed E-state index contributed by atoms with van der Waals surface area (Å²) in [6.45, 7) is 2.18. The summed E-state index contributed by atoms with van der Waals surface area (Å²) in [7, 11) is 1.29. The van der Waals surface area contributed by atoms with Crippen LogP contribution in [0.1, 0.15) is 49.4 Å². The van der Waals surface area contributed by atoms with Gasteiger partial charge in [0.15, 0.2) is 0 Å². The largest absolute Gasteiger partial charge is 0.506 e. The van der Waals surface area contributed by atoms with Crippen molar-refractivity contribution in [2.24, 2.45) is 11.8 Å². The maximum Gasteiger partial charge on any atom is 0.337 e. The first-order valence-electron chi connectivity index (χ1n) is 7.77. The summed E-state index contributed by atoms with van der Waals surface area (Å²) in [6, 6.07) is 4.29. The number of amides is 1. The summed E-state index contributed by atoms with van der Waals surface area (Å²) in [5.41, 5.74) is 0.552. The first-order valence-corrected chi connectivity index (χ1v) is 7.77. The fourth-order valence-corrected chi connectivity index (χ4v) is 2.95. The van der Waals surface area contributed by atoms with Crippen LogP contribution in [0, 0.1) is 11.8 Å². The number of carbonyl (C=O) groups excluding carboxylic acids is 2. The Kier molecular flexibility index (Phi) is 5.41. The van der Waals surface area contributed by atoms with Crippen LogP contribution in [0.15, 0.2) is 18.2 Å². The van der Waals surface area contributed by atoms with Gasteiger partial charge in [0.05, 0.1) is 18.4 Å². The van der Waals surface area contributed by atoms with Gasteiger partial charge in [-0.2, -0.15) is 0 Å². The standard InChI is InChI=1S/C17H23NO4/c1-3-11-4-6-12(7-5-11)16(20)18-14-10-13(17(21)22-2)8-9-15(14)19/h8-12,19H,3-7H2,1-2H3,(H,18,20). The maximum atomic E-state index is 12.3. The number of aromatic hydroxyl groups is 1. The Morgan fingerprint density at radius 3 is 2.55 bits per heavy atom. The molecule has 0 radical (unpaired) electrons. The van der Waals surface area contributed by atoms with Gasteiger partial charge in [-0.1, -0.05) is 13.3 Å². The quantitative estimate of drug-likeness (QED) is 0.661. The monoisotopic (exact) mass is 305 g/mol. The number of carbonyl (C=O) groups is 2. The number of nitrogens with one attached hydrogen (secondary N) is 1. The van der Waals surface area contributed by atoms with Gasteiger partial charge in [0.2, 0.25) is 5.91 Å². The molecule has 1 fully saturated rings. The lowest BCUT2D eigenvalue weighted by Gasteiger charge is -2.27. The van der Waals surface area contributed by atoms with Crippen molar-refractivity contribution >= 4 is 17.6 Å². The molecule has 0 aromatic heterocycles. The van der Waals surface area contributed by atoms with Crippen LogP contribution in [0.5, 0.6) is 5.75 Å². The number of anilines is 1. The van der Waals surface area contributed by atoms with Crippen molar-refractivity contribution in [2.45, 2.75) is 39.0 Å². The van der Waals surface area contributed by atoms with E-state index in [1.807, 2.05) is 0 Å². The van der Waals surface area contributed by atoms with E-state index in [-0.39, 0.29) is 23.3 Å². The summed E-state index contributed by atoms with van der Waals surface area (Å²) in [5, 5.41) is 12.6. The summed E-state index contributed by atoms with van der Waals surface area (Å²) in [5.74, 6) is 0.0538. The molecule has 1 aliphatic rings. The molecule has 5 nitrogen and oxygen atoms in total. The van der Waals surface area contributed by atoms with Crippen molar-refractivity contribution in [3.05, 3.63) is 23.8 Å². The zero-order valence-corrected chi connectivity index (χ0v) is 13.1. The Balaban J connectivity index is 2.04. The number of phenolic OH excluding ortho intramolecular Hbond substituents is 1. The van der Waals surface area contributed by atoms with E-state index in [1.54, 1.807) is 0 Å². The number of phenols is 1.